The Labute approximate surface area is 149 Å². The minimum absolute atomic E-state index is 0.0864. The summed E-state index contributed by atoms with van der Waals surface area (Å²) in [6.45, 7) is -0.476. The van der Waals surface area contributed by atoms with Gasteiger partial charge in [0, 0.05) is 18.2 Å². The van der Waals surface area contributed by atoms with Crippen LogP contribution in [0, 0.1) is 10.1 Å². The molecule has 134 valence electrons. The number of rotatable bonds is 7. The fraction of sp³-hybridized carbons (Fsp3) is 0.111. The van der Waals surface area contributed by atoms with Crippen molar-refractivity contribution < 1.29 is 24.0 Å². The van der Waals surface area contributed by atoms with Gasteiger partial charge in [0.2, 0.25) is 0 Å². The van der Waals surface area contributed by atoms with Crippen molar-refractivity contribution in [2.24, 2.45) is 0 Å². The van der Waals surface area contributed by atoms with Gasteiger partial charge < -0.3 is 14.8 Å². The van der Waals surface area contributed by atoms with E-state index in [0.717, 1.165) is 6.08 Å². The molecule has 26 heavy (non-hydrogen) atoms. The second kappa shape index (κ2) is 8.97. The molecule has 8 nitrogen and oxygen atoms in total. The molecule has 0 radical (unpaired) electrons. The SMILES string of the molecule is COc1ccccc1NC(=O)COC(=O)C=Cc1cccc([N+](=O)[O-])c1. The number of methoxy groups -OCH3 is 1. The van der Waals surface area contributed by atoms with Crippen LogP contribution in [-0.4, -0.2) is 30.5 Å². The van der Waals surface area contributed by atoms with Crippen LogP contribution in [0.25, 0.3) is 6.08 Å². The molecule has 1 N–H and O–H groups in total. The van der Waals surface area contributed by atoms with Gasteiger partial charge in [-0.2, -0.15) is 0 Å². The molecular weight excluding hydrogens is 340 g/mol. The first-order chi connectivity index (χ1) is 12.5. The Bertz CT molecular complexity index is 847. The Hall–Kier alpha value is -3.68. The van der Waals surface area contributed by atoms with E-state index in [1.807, 2.05) is 0 Å². The molecule has 2 aromatic rings. The van der Waals surface area contributed by atoms with Crippen LogP contribution in [0.3, 0.4) is 0 Å². The normalized spacial score (nSPS) is 10.3. The zero-order valence-electron chi connectivity index (χ0n) is 13.9. The van der Waals surface area contributed by atoms with Crippen LogP contribution in [0.4, 0.5) is 11.4 Å². The number of nitrogens with zero attached hydrogens (tertiary/aromatic N) is 1. The van der Waals surface area contributed by atoms with Crippen molar-refractivity contribution >= 4 is 29.3 Å². The number of carbonyl (C=O) groups excluding carboxylic acids is 2. The van der Waals surface area contributed by atoms with E-state index in [4.69, 9.17) is 9.47 Å². The number of esters is 1. The van der Waals surface area contributed by atoms with E-state index in [-0.39, 0.29) is 5.69 Å². The maximum Gasteiger partial charge on any atom is 0.331 e. The summed E-state index contributed by atoms with van der Waals surface area (Å²) in [4.78, 5) is 33.7. The predicted molar refractivity (Wildman–Crippen MR) is 94.7 cm³/mol. The largest absolute Gasteiger partial charge is 0.495 e. The summed E-state index contributed by atoms with van der Waals surface area (Å²) in [7, 11) is 1.48. The van der Waals surface area contributed by atoms with Gasteiger partial charge in [-0.3, -0.25) is 14.9 Å². The Morgan fingerprint density at radius 3 is 2.69 bits per heavy atom. The quantitative estimate of drug-likeness (QED) is 0.354. The van der Waals surface area contributed by atoms with Crippen molar-refractivity contribution in [3.8, 4) is 5.75 Å². The number of hydrogen-bond donors (Lipinski definition) is 1. The zero-order valence-corrected chi connectivity index (χ0v) is 13.9. The standard InChI is InChI=1S/C18H16N2O6/c1-25-16-8-3-2-7-15(16)19-17(21)12-26-18(22)10-9-13-5-4-6-14(11-13)20(23)24/h2-11H,12H2,1H3,(H,19,21). The highest BCUT2D eigenvalue weighted by atomic mass is 16.6. The molecule has 0 aliphatic heterocycles. The van der Waals surface area contributed by atoms with E-state index in [2.05, 4.69) is 5.32 Å². The lowest BCUT2D eigenvalue weighted by atomic mass is 10.2. The van der Waals surface area contributed by atoms with Crippen molar-refractivity contribution in [2.45, 2.75) is 0 Å². The van der Waals surface area contributed by atoms with Crippen molar-refractivity contribution in [3.63, 3.8) is 0 Å². The van der Waals surface area contributed by atoms with Crippen molar-refractivity contribution in [3.05, 3.63) is 70.3 Å². The molecule has 0 spiro atoms. The van der Waals surface area contributed by atoms with Gasteiger partial charge in [-0.25, -0.2) is 4.79 Å². The molecule has 0 unspecified atom stereocenters. The lowest BCUT2D eigenvalue weighted by molar-refractivity contribution is -0.384. The minimum Gasteiger partial charge on any atom is -0.495 e. The van der Waals surface area contributed by atoms with E-state index in [9.17, 15) is 19.7 Å². The second-order valence-electron chi connectivity index (χ2n) is 5.04. The number of hydrogen-bond acceptors (Lipinski definition) is 6. The van der Waals surface area contributed by atoms with E-state index >= 15 is 0 Å². The maximum atomic E-state index is 11.8. The van der Waals surface area contributed by atoms with E-state index in [1.54, 1.807) is 30.3 Å². The lowest BCUT2D eigenvalue weighted by Crippen LogP contribution is -2.20. The summed E-state index contributed by atoms with van der Waals surface area (Å²) in [5, 5.41) is 13.3. The van der Waals surface area contributed by atoms with Gasteiger partial charge in [-0.15, -0.1) is 0 Å². The molecule has 0 atom stereocenters. The van der Waals surface area contributed by atoms with E-state index < -0.39 is 23.4 Å². The third-order valence-electron chi connectivity index (χ3n) is 3.22. The molecule has 0 fully saturated rings. The number of nitrogens with one attached hydrogen (secondary N) is 1. The number of benzene rings is 2. The fourth-order valence-corrected chi connectivity index (χ4v) is 2.03. The number of carbonyl (C=O) groups is 2. The fourth-order valence-electron chi connectivity index (χ4n) is 2.03. The number of para-hydroxylation sites is 2. The van der Waals surface area contributed by atoms with Gasteiger partial charge in [0.25, 0.3) is 11.6 Å². The number of nitro groups is 1. The summed E-state index contributed by atoms with van der Waals surface area (Å²) in [6, 6.07) is 12.6. The first-order valence-corrected chi connectivity index (χ1v) is 7.52. The molecule has 2 aromatic carbocycles. The molecule has 0 saturated carbocycles. The molecule has 0 bridgehead atoms. The molecule has 0 aliphatic carbocycles. The van der Waals surface area contributed by atoms with Crippen molar-refractivity contribution in [1.29, 1.82) is 0 Å². The number of anilines is 1. The highest BCUT2D eigenvalue weighted by molar-refractivity contribution is 5.95. The Morgan fingerprint density at radius 2 is 1.96 bits per heavy atom. The van der Waals surface area contributed by atoms with Gasteiger partial charge >= 0.3 is 5.97 Å². The summed E-state index contributed by atoms with van der Waals surface area (Å²) >= 11 is 0. The van der Waals surface area contributed by atoms with Gasteiger partial charge in [0.1, 0.15) is 5.75 Å². The first-order valence-electron chi connectivity index (χ1n) is 7.52. The van der Waals surface area contributed by atoms with Crippen LogP contribution in [0.1, 0.15) is 5.56 Å². The van der Waals surface area contributed by atoms with Crippen LogP contribution >= 0.6 is 0 Å². The van der Waals surface area contributed by atoms with Crippen LogP contribution in [0.15, 0.2) is 54.6 Å². The third-order valence-corrected chi connectivity index (χ3v) is 3.22. The van der Waals surface area contributed by atoms with Gasteiger partial charge in [0.15, 0.2) is 6.61 Å². The summed E-state index contributed by atoms with van der Waals surface area (Å²) in [6.07, 6.45) is 2.46. The number of amides is 1. The highest BCUT2D eigenvalue weighted by Crippen LogP contribution is 2.22. The zero-order chi connectivity index (χ0) is 18.9. The summed E-state index contributed by atoms with van der Waals surface area (Å²) in [5.74, 6) is -0.781. The van der Waals surface area contributed by atoms with Gasteiger partial charge in [0.05, 0.1) is 17.7 Å². The van der Waals surface area contributed by atoms with Crippen molar-refractivity contribution in [2.75, 3.05) is 19.0 Å². The van der Waals surface area contributed by atoms with Gasteiger partial charge in [-0.1, -0.05) is 24.3 Å². The molecule has 8 heteroatoms. The van der Waals surface area contributed by atoms with Crippen LogP contribution < -0.4 is 10.1 Å². The number of non-ortho nitro benzene ring substituents is 1. The number of ether oxygens (including phenoxy) is 2. The molecule has 0 saturated heterocycles. The minimum atomic E-state index is -0.744. The molecule has 0 aliphatic rings. The number of nitro benzene ring substituents is 1. The summed E-state index contributed by atoms with van der Waals surface area (Å²) < 4.78 is 9.94. The Morgan fingerprint density at radius 1 is 1.19 bits per heavy atom. The van der Waals surface area contributed by atoms with Crippen LogP contribution in [0.5, 0.6) is 5.75 Å². The van der Waals surface area contributed by atoms with Gasteiger partial charge in [-0.05, 0) is 23.8 Å². The molecule has 2 rings (SSSR count). The first kappa shape index (κ1) is 18.7. The second-order valence-corrected chi connectivity index (χ2v) is 5.04. The molecule has 0 heterocycles. The topological polar surface area (TPSA) is 108 Å². The van der Waals surface area contributed by atoms with Crippen molar-refractivity contribution in [1.82, 2.24) is 0 Å². The smallest absolute Gasteiger partial charge is 0.331 e. The third kappa shape index (κ3) is 5.45. The Balaban J connectivity index is 1.87. The lowest BCUT2D eigenvalue weighted by Gasteiger charge is -2.09. The average Bonchev–Trinajstić information content (AvgIpc) is 2.65. The average molecular weight is 356 g/mol. The van der Waals surface area contributed by atoms with E-state index in [0.29, 0.717) is 17.0 Å². The van der Waals surface area contributed by atoms with Crippen LogP contribution in [0.2, 0.25) is 0 Å². The molecule has 0 aromatic heterocycles. The molecule has 1 amide bonds. The van der Waals surface area contributed by atoms with Crippen LogP contribution in [-0.2, 0) is 14.3 Å². The summed E-state index contributed by atoms with van der Waals surface area (Å²) in [5.41, 5.74) is 0.842. The maximum absolute atomic E-state index is 11.8. The Kier molecular flexibility index (Phi) is 6.44. The highest BCUT2D eigenvalue weighted by Gasteiger charge is 2.09. The van der Waals surface area contributed by atoms with E-state index in [1.165, 1.54) is 31.4 Å². The predicted octanol–water partition coefficient (Wildman–Crippen LogP) is 2.80. The molecular formula is C18H16N2O6. The monoisotopic (exact) mass is 356 g/mol.